The highest BCUT2D eigenvalue weighted by atomic mass is 16.5. The fraction of sp³-hybridized carbons (Fsp3) is 0.615. The van der Waals surface area contributed by atoms with E-state index < -0.39 is 11.4 Å². The summed E-state index contributed by atoms with van der Waals surface area (Å²) in [5.74, 6) is -0.497. The number of unbranched alkanes of at least 4 members (excludes halogenated alkanes) is 1. The van der Waals surface area contributed by atoms with Crippen molar-refractivity contribution in [2.75, 3.05) is 6.61 Å². The zero-order chi connectivity index (χ0) is 12.7. The van der Waals surface area contributed by atoms with Crippen LogP contribution in [0.2, 0.25) is 0 Å². The van der Waals surface area contributed by atoms with E-state index in [1.807, 2.05) is 0 Å². The minimum absolute atomic E-state index is 0.0440. The summed E-state index contributed by atoms with van der Waals surface area (Å²) in [6, 6.07) is 0. The third-order valence-electron chi connectivity index (χ3n) is 3.19. The maximum absolute atomic E-state index is 12.0. The highest BCUT2D eigenvalue weighted by Gasteiger charge is 2.49. The normalized spacial score (nSPS) is 23.4. The molecule has 0 heterocycles. The van der Waals surface area contributed by atoms with E-state index in [0.29, 0.717) is 32.1 Å². The summed E-state index contributed by atoms with van der Waals surface area (Å²) in [7, 11) is 0. The average Bonchev–Trinajstić information content (AvgIpc) is 2.69. The lowest BCUT2D eigenvalue weighted by atomic mass is 9.80. The molecule has 1 atom stereocenters. The molecule has 0 N–H and O–H groups in total. The smallest absolute Gasteiger partial charge is 0.319 e. The summed E-state index contributed by atoms with van der Waals surface area (Å²) >= 11 is 0. The molecule has 1 unspecified atom stereocenters. The topological polar surface area (TPSA) is 60.4 Å². The van der Waals surface area contributed by atoms with Gasteiger partial charge in [-0.25, -0.2) is 0 Å². The molecule has 1 aliphatic carbocycles. The van der Waals surface area contributed by atoms with Gasteiger partial charge in [0.2, 0.25) is 0 Å². The summed E-state index contributed by atoms with van der Waals surface area (Å²) < 4.78 is 5.01. The Morgan fingerprint density at radius 3 is 2.82 bits per heavy atom. The maximum Gasteiger partial charge on any atom is 0.319 e. The number of aldehydes is 1. The molecule has 1 rings (SSSR count). The Bertz CT molecular complexity index is 321. The number of hydrogen-bond acceptors (Lipinski definition) is 4. The highest BCUT2D eigenvalue weighted by molar-refractivity contribution is 6.05. The van der Waals surface area contributed by atoms with E-state index in [0.717, 1.165) is 12.7 Å². The largest absolute Gasteiger partial charge is 0.461 e. The predicted octanol–water partition coefficient (Wildman–Crippen LogP) is 1.82. The van der Waals surface area contributed by atoms with Crippen molar-refractivity contribution in [2.24, 2.45) is 5.41 Å². The summed E-state index contributed by atoms with van der Waals surface area (Å²) in [4.78, 5) is 34.1. The Labute approximate surface area is 101 Å². The molecule has 1 aliphatic rings. The van der Waals surface area contributed by atoms with E-state index in [9.17, 15) is 14.4 Å². The summed E-state index contributed by atoms with van der Waals surface area (Å²) in [6.45, 7) is 3.59. The first kappa shape index (κ1) is 13.6. The standard InChI is InChI=1S/C13H18O4/c1-2-10-17-12(16)13(7-3-4-9-14)8-5-6-11(13)15/h2,9H,1,3-8,10H2. The number of carbonyl (C=O) groups is 3. The lowest BCUT2D eigenvalue weighted by molar-refractivity contribution is -0.158. The molecule has 0 amide bonds. The molecule has 4 nitrogen and oxygen atoms in total. The molecule has 1 saturated carbocycles. The fourth-order valence-corrected chi connectivity index (χ4v) is 2.27. The zero-order valence-electron chi connectivity index (χ0n) is 9.94. The monoisotopic (exact) mass is 238 g/mol. The Hall–Kier alpha value is -1.45. The van der Waals surface area contributed by atoms with Gasteiger partial charge >= 0.3 is 5.97 Å². The SMILES string of the molecule is C=CCOC(=O)C1(CCCC=O)CCCC1=O. The van der Waals surface area contributed by atoms with E-state index >= 15 is 0 Å². The van der Waals surface area contributed by atoms with E-state index in [2.05, 4.69) is 6.58 Å². The van der Waals surface area contributed by atoms with Gasteiger partial charge in [0.1, 0.15) is 24.1 Å². The van der Waals surface area contributed by atoms with E-state index in [1.54, 1.807) is 0 Å². The van der Waals surface area contributed by atoms with Crippen LogP contribution in [-0.2, 0) is 19.1 Å². The van der Waals surface area contributed by atoms with Crippen LogP contribution in [0.5, 0.6) is 0 Å². The molecule has 4 heteroatoms. The van der Waals surface area contributed by atoms with Gasteiger partial charge in [-0.2, -0.15) is 0 Å². The predicted molar refractivity (Wildman–Crippen MR) is 62.4 cm³/mol. The van der Waals surface area contributed by atoms with Crippen LogP contribution in [0.25, 0.3) is 0 Å². The van der Waals surface area contributed by atoms with Crippen molar-refractivity contribution >= 4 is 18.0 Å². The van der Waals surface area contributed by atoms with Crippen LogP contribution in [0, 0.1) is 5.41 Å². The first-order valence-corrected chi connectivity index (χ1v) is 5.92. The van der Waals surface area contributed by atoms with Crippen LogP contribution >= 0.6 is 0 Å². The van der Waals surface area contributed by atoms with Crippen molar-refractivity contribution in [2.45, 2.75) is 38.5 Å². The van der Waals surface area contributed by atoms with Crippen LogP contribution in [0.4, 0.5) is 0 Å². The number of carbonyl (C=O) groups excluding carboxylic acids is 3. The first-order valence-electron chi connectivity index (χ1n) is 5.92. The molecule has 0 aliphatic heterocycles. The van der Waals surface area contributed by atoms with Gasteiger partial charge in [0.15, 0.2) is 0 Å². The summed E-state index contributed by atoms with van der Waals surface area (Å²) in [5, 5.41) is 0. The summed E-state index contributed by atoms with van der Waals surface area (Å²) in [6.07, 6.45) is 5.34. The molecule has 1 fully saturated rings. The molecule has 0 aromatic rings. The summed E-state index contributed by atoms with van der Waals surface area (Å²) in [5.41, 5.74) is -0.994. The van der Waals surface area contributed by atoms with Crippen molar-refractivity contribution in [3.63, 3.8) is 0 Å². The molecular formula is C13H18O4. The lowest BCUT2D eigenvalue weighted by Crippen LogP contribution is -2.37. The van der Waals surface area contributed by atoms with Crippen LogP contribution in [0.1, 0.15) is 38.5 Å². The molecule has 17 heavy (non-hydrogen) atoms. The number of hydrogen-bond donors (Lipinski definition) is 0. The fourth-order valence-electron chi connectivity index (χ4n) is 2.27. The Morgan fingerprint density at radius 1 is 1.53 bits per heavy atom. The third-order valence-corrected chi connectivity index (χ3v) is 3.19. The maximum atomic E-state index is 12.0. The highest BCUT2D eigenvalue weighted by Crippen LogP contribution is 2.40. The first-order chi connectivity index (χ1) is 8.17. The Balaban J connectivity index is 2.71. The molecular weight excluding hydrogens is 220 g/mol. The molecule has 0 aromatic heterocycles. The van der Waals surface area contributed by atoms with Gasteiger partial charge < -0.3 is 9.53 Å². The average molecular weight is 238 g/mol. The second kappa shape index (κ2) is 6.33. The molecule has 94 valence electrons. The van der Waals surface area contributed by atoms with Crippen LogP contribution < -0.4 is 0 Å². The number of rotatable bonds is 7. The number of ketones is 1. The molecule has 0 bridgehead atoms. The van der Waals surface area contributed by atoms with E-state index in [4.69, 9.17) is 4.74 Å². The third kappa shape index (κ3) is 3.02. The lowest BCUT2D eigenvalue weighted by Gasteiger charge is -2.24. The quantitative estimate of drug-likeness (QED) is 0.223. The van der Waals surface area contributed by atoms with Gasteiger partial charge in [-0.3, -0.25) is 9.59 Å². The number of ether oxygens (including phenoxy) is 1. The Morgan fingerprint density at radius 2 is 2.29 bits per heavy atom. The van der Waals surface area contributed by atoms with Crippen LogP contribution in [0.3, 0.4) is 0 Å². The van der Waals surface area contributed by atoms with Crippen molar-refractivity contribution in [1.29, 1.82) is 0 Å². The van der Waals surface area contributed by atoms with Crippen LogP contribution in [-0.4, -0.2) is 24.6 Å². The van der Waals surface area contributed by atoms with Crippen molar-refractivity contribution < 1.29 is 19.1 Å². The van der Waals surface area contributed by atoms with Crippen molar-refractivity contribution in [3.05, 3.63) is 12.7 Å². The minimum atomic E-state index is -0.994. The van der Waals surface area contributed by atoms with Gasteiger partial charge in [-0.1, -0.05) is 12.7 Å². The van der Waals surface area contributed by atoms with Crippen LogP contribution in [0.15, 0.2) is 12.7 Å². The zero-order valence-corrected chi connectivity index (χ0v) is 9.94. The molecule has 0 aromatic carbocycles. The van der Waals surface area contributed by atoms with Crippen molar-refractivity contribution in [3.8, 4) is 0 Å². The van der Waals surface area contributed by atoms with Gasteiger partial charge in [0, 0.05) is 12.8 Å². The minimum Gasteiger partial charge on any atom is -0.461 e. The van der Waals surface area contributed by atoms with E-state index in [-0.39, 0.29) is 12.4 Å². The van der Waals surface area contributed by atoms with E-state index in [1.165, 1.54) is 6.08 Å². The second-order valence-corrected chi connectivity index (χ2v) is 4.30. The van der Waals surface area contributed by atoms with Gasteiger partial charge in [-0.15, -0.1) is 0 Å². The second-order valence-electron chi connectivity index (χ2n) is 4.30. The van der Waals surface area contributed by atoms with Gasteiger partial charge in [0.05, 0.1) is 0 Å². The van der Waals surface area contributed by atoms with Crippen molar-refractivity contribution in [1.82, 2.24) is 0 Å². The Kier molecular flexibility index (Phi) is 5.07. The van der Waals surface area contributed by atoms with Gasteiger partial charge in [0.25, 0.3) is 0 Å². The number of esters is 1. The number of Topliss-reactive ketones (excluding diaryl/α,β-unsaturated/α-hetero) is 1. The van der Waals surface area contributed by atoms with Gasteiger partial charge in [-0.05, 0) is 25.7 Å². The molecule has 0 radical (unpaired) electrons. The molecule has 0 spiro atoms. The molecule has 0 saturated heterocycles.